The first-order chi connectivity index (χ1) is 12.5. The number of amides is 1. The van der Waals surface area contributed by atoms with Crippen molar-refractivity contribution in [3.05, 3.63) is 70.8 Å². The molecule has 1 aromatic carbocycles. The number of carbonyl (C=O) groups is 1. The largest absolute Gasteiger partial charge is 0.350 e. The van der Waals surface area contributed by atoms with Gasteiger partial charge in [0.2, 0.25) is 0 Å². The number of benzene rings is 1. The van der Waals surface area contributed by atoms with E-state index in [4.69, 9.17) is 0 Å². The summed E-state index contributed by atoms with van der Waals surface area (Å²) in [5.74, 6) is -0.0108. The average molecular weight is 346 g/mol. The molecule has 26 heavy (non-hydrogen) atoms. The minimum atomic E-state index is -0.0108. The third kappa shape index (κ3) is 2.47. The van der Waals surface area contributed by atoms with Gasteiger partial charge in [0.25, 0.3) is 5.91 Å². The van der Waals surface area contributed by atoms with Gasteiger partial charge in [0.05, 0.1) is 18.4 Å². The van der Waals surface area contributed by atoms with Crippen molar-refractivity contribution in [3.63, 3.8) is 0 Å². The molecule has 0 saturated carbocycles. The molecule has 0 aliphatic heterocycles. The van der Waals surface area contributed by atoms with Gasteiger partial charge in [0.15, 0.2) is 0 Å². The summed E-state index contributed by atoms with van der Waals surface area (Å²) >= 11 is 0. The van der Waals surface area contributed by atoms with Crippen molar-refractivity contribution >= 4 is 22.5 Å². The molecule has 5 heteroatoms. The Kier molecular flexibility index (Phi) is 3.80. The molecular formula is C21H22N4O. The number of imidazole rings is 1. The van der Waals surface area contributed by atoms with Crippen LogP contribution < -0.4 is 0 Å². The van der Waals surface area contributed by atoms with Gasteiger partial charge >= 0.3 is 0 Å². The summed E-state index contributed by atoms with van der Waals surface area (Å²) in [7, 11) is 1.83. The van der Waals surface area contributed by atoms with Gasteiger partial charge in [-0.05, 0) is 49.6 Å². The lowest BCUT2D eigenvalue weighted by molar-refractivity contribution is 0.0777. The summed E-state index contributed by atoms with van der Waals surface area (Å²) < 4.78 is 2.01. The maximum Gasteiger partial charge on any atom is 0.270 e. The monoisotopic (exact) mass is 346 g/mol. The van der Waals surface area contributed by atoms with E-state index in [1.807, 2.05) is 49.0 Å². The highest BCUT2D eigenvalue weighted by Crippen LogP contribution is 2.28. The van der Waals surface area contributed by atoms with E-state index in [1.165, 1.54) is 5.56 Å². The van der Waals surface area contributed by atoms with E-state index < -0.39 is 0 Å². The van der Waals surface area contributed by atoms with E-state index in [9.17, 15) is 4.79 Å². The first-order valence-electron chi connectivity index (χ1n) is 8.72. The Labute approximate surface area is 152 Å². The van der Waals surface area contributed by atoms with Gasteiger partial charge in [0.1, 0.15) is 11.3 Å². The van der Waals surface area contributed by atoms with Crippen LogP contribution in [-0.4, -0.2) is 32.2 Å². The predicted molar refractivity (Wildman–Crippen MR) is 103 cm³/mol. The molecule has 0 spiro atoms. The number of rotatable bonds is 3. The molecule has 5 nitrogen and oxygen atoms in total. The molecule has 0 unspecified atom stereocenters. The van der Waals surface area contributed by atoms with Crippen molar-refractivity contribution in [1.82, 2.24) is 19.3 Å². The molecule has 4 rings (SSSR count). The van der Waals surface area contributed by atoms with E-state index in [-0.39, 0.29) is 5.91 Å². The number of H-pyrrole nitrogens is 1. The molecule has 0 bridgehead atoms. The number of carbonyl (C=O) groups excluding carboxylic acids is 1. The van der Waals surface area contributed by atoms with Crippen molar-refractivity contribution in [2.45, 2.75) is 27.3 Å². The fourth-order valence-corrected chi connectivity index (χ4v) is 3.62. The zero-order chi connectivity index (χ0) is 18.4. The fourth-order valence-electron chi connectivity index (χ4n) is 3.62. The molecule has 0 saturated heterocycles. The summed E-state index contributed by atoms with van der Waals surface area (Å²) in [6.45, 7) is 6.66. The van der Waals surface area contributed by atoms with Crippen LogP contribution in [0.2, 0.25) is 0 Å². The molecule has 3 aromatic heterocycles. The van der Waals surface area contributed by atoms with Crippen LogP contribution in [-0.2, 0) is 6.54 Å². The summed E-state index contributed by atoms with van der Waals surface area (Å²) in [5.41, 5.74) is 6.92. The van der Waals surface area contributed by atoms with E-state index in [0.717, 1.165) is 33.4 Å². The second-order valence-electron chi connectivity index (χ2n) is 6.91. The Hall–Kier alpha value is -3.08. The average Bonchev–Trinajstić information content (AvgIpc) is 3.20. The van der Waals surface area contributed by atoms with Gasteiger partial charge in [-0.15, -0.1) is 0 Å². The quantitative estimate of drug-likeness (QED) is 0.609. The van der Waals surface area contributed by atoms with Crippen LogP contribution in [0.1, 0.15) is 32.9 Å². The number of aryl methyl sites for hydroxylation is 3. The van der Waals surface area contributed by atoms with E-state index in [1.54, 1.807) is 4.90 Å². The molecule has 4 aromatic rings. The van der Waals surface area contributed by atoms with Crippen molar-refractivity contribution in [3.8, 4) is 0 Å². The number of fused-ring (bicyclic) bond motifs is 2. The minimum absolute atomic E-state index is 0.0108. The van der Waals surface area contributed by atoms with Gasteiger partial charge in [0, 0.05) is 24.1 Å². The SMILES string of the molecule is Cc1ccc(C)c2c(C)c(C(=O)N(C)Cc3cnc4ccccn34)[nH]c12. The number of nitrogens with one attached hydrogen (secondary N) is 1. The highest BCUT2D eigenvalue weighted by Gasteiger charge is 2.21. The van der Waals surface area contributed by atoms with Crippen LogP contribution >= 0.6 is 0 Å². The lowest BCUT2D eigenvalue weighted by atomic mass is 10.0. The fraction of sp³-hybridized carbons (Fsp3) is 0.238. The summed E-state index contributed by atoms with van der Waals surface area (Å²) in [4.78, 5) is 22.6. The van der Waals surface area contributed by atoms with E-state index >= 15 is 0 Å². The zero-order valence-corrected chi connectivity index (χ0v) is 15.5. The smallest absolute Gasteiger partial charge is 0.270 e. The minimum Gasteiger partial charge on any atom is -0.350 e. The summed E-state index contributed by atoms with van der Waals surface area (Å²) in [6.07, 6.45) is 3.79. The van der Waals surface area contributed by atoms with Crippen LogP contribution in [0.4, 0.5) is 0 Å². The van der Waals surface area contributed by atoms with Gasteiger partial charge in [-0.3, -0.25) is 4.79 Å². The normalized spacial score (nSPS) is 11.4. The van der Waals surface area contributed by atoms with Crippen LogP contribution in [0.25, 0.3) is 16.6 Å². The molecule has 3 heterocycles. The highest BCUT2D eigenvalue weighted by atomic mass is 16.2. The predicted octanol–water partition coefficient (Wildman–Crippen LogP) is 4.01. The van der Waals surface area contributed by atoms with Gasteiger partial charge in [-0.25, -0.2) is 4.98 Å². The molecular weight excluding hydrogens is 324 g/mol. The van der Waals surface area contributed by atoms with Gasteiger partial charge in [-0.1, -0.05) is 18.2 Å². The Morgan fingerprint density at radius 1 is 1.15 bits per heavy atom. The number of nitrogens with zero attached hydrogens (tertiary/aromatic N) is 3. The molecule has 0 aliphatic carbocycles. The Balaban J connectivity index is 1.69. The van der Waals surface area contributed by atoms with Crippen LogP contribution in [0, 0.1) is 20.8 Å². The number of aromatic amines is 1. The molecule has 132 valence electrons. The maximum absolute atomic E-state index is 13.1. The third-order valence-corrected chi connectivity index (χ3v) is 5.08. The van der Waals surface area contributed by atoms with E-state index in [0.29, 0.717) is 12.2 Å². The van der Waals surface area contributed by atoms with Crippen LogP contribution in [0.5, 0.6) is 0 Å². The van der Waals surface area contributed by atoms with Crippen molar-refractivity contribution in [2.24, 2.45) is 0 Å². The Morgan fingerprint density at radius 2 is 1.92 bits per heavy atom. The molecule has 1 amide bonds. The molecule has 0 aliphatic rings. The molecule has 0 radical (unpaired) electrons. The maximum atomic E-state index is 13.1. The van der Waals surface area contributed by atoms with Gasteiger partial charge < -0.3 is 14.3 Å². The van der Waals surface area contributed by atoms with Gasteiger partial charge in [-0.2, -0.15) is 0 Å². The highest BCUT2D eigenvalue weighted by molar-refractivity contribution is 6.02. The Morgan fingerprint density at radius 3 is 2.69 bits per heavy atom. The number of hydrogen-bond donors (Lipinski definition) is 1. The topological polar surface area (TPSA) is 53.4 Å². The number of aromatic nitrogens is 3. The molecule has 0 fully saturated rings. The zero-order valence-electron chi connectivity index (χ0n) is 15.5. The second-order valence-corrected chi connectivity index (χ2v) is 6.91. The number of pyridine rings is 1. The van der Waals surface area contributed by atoms with Crippen molar-refractivity contribution in [2.75, 3.05) is 7.05 Å². The van der Waals surface area contributed by atoms with Crippen molar-refractivity contribution in [1.29, 1.82) is 0 Å². The first kappa shape index (κ1) is 16.4. The molecule has 0 atom stereocenters. The van der Waals surface area contributed by atoms with Crippen LogP contribution in [0.15, 0.2) is 42.7 Å². The standard InChI is InChI=1S/C21H22N4O/c1-13-8-9-14(2)19-18(13)15(3)20(23-19)21(26)24(4)12-16-11-22-17-7-5-6-10-25(16)17/h5-11,23H,12H2,1-4H3. The van der Waals surface area contributed by atoms with Crippen molar-refractivity contribution < 1.29 is 4.79 Å². The van der Waals surface area contributed by atoms with Crippen LogP contribution in [0.3, 0.4) is 0 Å². The lowest BCUT2D eigenvalue weighted by Gasteiger charge is -2.16. The second kappa shape index (κ2) is 6.02. The Bertz CT molecular complexity index is 1140. The third-order valence-electron chi connectivity index (χ3n) is 5.08. The molecule has 1 N–H and O–H groups in total. The summed E-state index contributed by atoms with van der Waals surface area (Å²) in [5, 5.41) is 1.15. The number of hydrogen-bond acceptors (Lipinski definition) is 2. The summed E-state index contributed by atoms with van der Waals surface area (Å²) in [6, 6.07) is 10.1. The first-order valence-corrected chi connectivity index (χ1v) is 8.72. The lowest BCUT2D eigenvalue weighted by Crippen LogP contribution is -2.27. The van der Waals surface area contributed by atoms with E-state index in [2.05, 4.69) is 35.9 Å².